The second-order valence-electron chi connectivity index (χ2n) is 5.94. The van der Waals surface area contributed by atoms with Crippen LogP contribution in [0, 0.1) is 0 Å². The molecule has 3 amide bonds. The number of halogens is 2. The van der Waals surface area contributed by atoms with Crippen molar-refractivity contribution in [1.29, 1.82) is 0 Å². The van der Waals surface area contributed by atoms with Crippen molar-refractivity contribution in [3.05, 3.63) is 31.5 Å². The lowest BCUT2D eigenvalue weighted by Crippen LogP contribution is -2.74. The van der Waals surface area contributed by atoms with Gasteiger partial charge in [0.1, 0.15) is 24.2 Å². The maximum absolute atomic E-state index is 12.8. The molecule has 164 valence electrons. The van der Waals surface area contributed by atoms with E-state index in [0.29, 0.717) is 15.4 Å². The van der Waals surface area contributed by atoms with Gasteiger partial charge in [-0.1, -0.05) is 5.16 Å². The van der Waals surface area contributed by atoms with Crippen LogP contribution in [-0.2, 0) is 24.0 Å². The molecule has 31 heavy (non-hydrogen) atoms. The van der Waals surface area contributed by atoms with E-state index in [0.717, 1.165) is 11.3 Å². The van der Waals surface area contributed by atoms with Crippen LogP contribution in [0.5, 0.6) is 0 Å². The molecule has 11 nitrogen and oxygen atoms in total. The normalized spacial score (nSPS) is 22.5. The Balaban J connectivity index is 1.79. The fourth-order valence-electron chi connectivity index (χ4n) is 2.92. The molecule has 2 unspecified atom stereocenters. The summed E-state index contributed by atoms with van der Waals surface area (Å²) in [7, 11) is 1.25. The number of carboxylic acid groups (broad SMARTS) is 1. The van der Waals surface area contributed by atoms with Crippen LogP contribution in [0.15, 0.2) is 31.0 Å². The molecule has 3 atom stereocenters. The van der Waals surface area contributed by atoms with E-state index in [1.807, 2.05) is 0 Å². The van der Waals surface area contributed by atoms with E-state index in [9.17, 15) is 24.3 Å². The number of hydrogen-bond acceptors (Lipinski definition) is 9. The zero-order valence-electron chi connectivity index (χ0n) is 15.4. The van der Waals surface area contributed by atoms with Gasteiger partial charge in [0.25, 0.3) is 5.91 Å². The van der Waals surface area contributed by atoms with Crippen molar-refractivity contribution in [2.75, 3.05) is 12.4 Å². The number of fused-ring (bicyclic) bond motifs is 1. The van der Waals surface area contributed by atoms with Gasteiger partial charge < -0.3 is 25.5 Å². The summed E-state index contributed by atoms with van der Waals surface area (Å²) in [4.78, 5) is 57.8. The van der Waals surface area contributed by atoms with E-state index in [4.69, 9.17) is 4.84 Å². The average molecular weight is 595 g/mol. The third-order valence-corrected chi connectivity index (χ3v) is 6.56. The van der Waals surface area contributed by atoms with Gasteiger partial charge in [0.15, 0.2) is 16.9 Å². The molecule has 0 aromatic carbocycles. The molecule has 0 spiro atoms. The average Bonchev–Trinajstić information content (AvgIpc) is 3.17. The van der Waals surface area contributed by atoms with Crippen LogP contribution >= 0.6 is 55.0 Å². The number of β-lactam (4-membered cyclic amide) rings is 1. The highest BCUT2D eigenvalue weighted by Crippen LogP contribution is 2.41. The number of aliphatic carboxylic acids is 1. The van der Waals surface area contributed by atoms with Crippen molar-refractivity contribution >= 4 is 90.0 Å². The number of nitrogens with one attached hydrogen (secondary N) is 2. The molecule has 3 rings (SSSR count). The van der Waals surface area contributed by atoms with Gasteiger partial charge in [0.05, 0.1) is 3.39 Å². The number of aromatic nitrogens is 1. The largest absolute Gasteiger partial charge is 0.479 e. The third-order valence-electron chi connectivity index (χ3n) is 4.14. The van der Waals surface area contributed by atoms with Gasteiger partial charge in [0.2, 0.25) is 12.3 Å². The quantitative estimate of drug-likeness (QED) is 0.177. The first-order valence-corrected chi connectivity index (χ1v) is 11.7. The molecular formula is C16H13Br2N5O6S2. The van der Waals surface area contributed by atoms with Gasteiger partial charge in [-0.15, -0.1) is 23.1 Å². The molecule has 1 aromatic heterocycles. The number of carboxylic acids is 1. The first-order valence-electron chi connectivity index (χ1n) is 8.29. The van der Waals surface area contributed by atoms with E-state index in [-0.39, 0.29) is 16.5 Å². The summed E-state index contributed by atoms with van der Waals surface area (Å²) >= 11 is 8.66. The third kappa shape index (κ3) is 4.83. The van der Waals surface area contributed by atoms with Crippen molar-refractivity contribution in [3.8, 4) is 0 Å². The first kappa shape index (κ1) is 23.4. The Labute approximate surface area is 200 Å². The van der Waals surface area contributed by atoms with Crippen molar-refractivity contribution in [2.45, 2.75) is 17.5 Å². The maximum atomic E-state index is 12.8. The van der Waals surface area contributed by atoms with Gasteiger partial charge in [-0.05, 0) is 48.9 Å². The summed E-state index contributed by atoms with van der Waals surface area (Å²) < 4.78 is 0.529. The van der Waals surface area contributed by atoms with Crippen molar-refractivity contribution in [3.63, 3.8) is 0 Å². The molecule has 1 aromatic rings. The van der Waals surface area contributed by atoms with Gasteiger partial charge in [-0.2, -0.15) is 0 Å². The first-order chi connectivity index (χ1) is 14.8. The number of oxime groups is 1. The number of thiazole rings is 1. The van der Waals surface area contributed by atoms with Crippen LogP contribution in [0.25, 0.3) is 0 Å². The summed E-state index contributed by atoms with van der Waals surface area (Å²) in [6.45, 7) is 0. The minimum atomic E-state index is -1.19. The molecular weight excluding hydrogens is 582 g/mol. The number of carbonyl (C=O) groups excluding carboxylic acids is 3. The summed E-state index contributed by atoms with van der Waals surface area (Å²) in [6, 6.07) is -2.14. The topological polar surface area (TPSA) is 150 Å². The number of amides is 3. The molecule has 3 N–H and O–H groups in total. The van der Waals surface area contributed by atoms with Gasteiger partial charge >= 0.3 is 5.97 Å². The Morgan fingerprint density at radius 1 is 1.42 bits per heavy atom. The highest BCUT2D eigenvalue weighted by molar-refractivity contribution is 9.28. The second kappa shape index (κ2) is 9.93. The lowest BCUT2D eigenvalue weighted by Gasteiger charge is -2.51. The Bertz CT molecular complexity index is 1020. The van der Waals surface area contributed by atoms with Crippen LogP contribution in [0.1, 0.15) is 5.69 Å². The summed E-state index contributed by atoms with van der Waals surface area (Å²) in [5.74, 6) is -2.46. The highest BCUT2D eigenvalue weighted by atomic mass is 79.9. The fraction of sp³-hybridized carbons (Fsp3) is 0.250. The lowest BCUT2D eigenvalue weighted by molar-refractivity contribution is -0.159. The second-order valence-corrected chi connectivity index (χ2v) is 10.6. The number of anilines is 1. The minimum Gasteiger partial charge on any atom is -0.479 e. The van der Waals surface area contributed by atoms with Crippen molar-refractivity contribution in [2.24, 2.45) is 5.16 Å². The van der Waals surface area contributed by atoms with E-state index in [2.05, 4.69) is 52.6 Å². The van der Waals surface area contributed by atoms with Crippen LogP contribution < -0.4 is 10.6 Å². The van der Waals surface area contributed by atoms with Gasteiger partial charge in [-0.25, -0.2) is 9.78 Å². The van der Waals surface area contributed by atoms with E-state index in [1.165, 1.54) is 29.2 Å². The molecule has 1 saturated heterocycles. The Morgan fingerprint density at radius 2 is 2.16 bits per heavy atom. The summed E-state index contributed by atoms with van der Waals surface area (Å²) in [5, 5.41) is 21.0. The van der Waals surface area contributed by atoms with E-state index >= 15 is 0 Å². The molecule has 15 heteroatoms. The highest BCUT2D eigenvalue weighted by Gasteiger charge is 2.55. The van der Waals surface area contributed by atoms with Gasteiger partial charge in [0, 0.05) is 5.38 Å². The zero-order chi connectivity index (χ0) is 22.7. The predicted molar refractivity (Wildman–Crippen MR) is 121 cm³/mol. The number of rotatable bonds is 8. The zero-order valence-corrected chi connectivity index (χ0v) is 20.2. The van der Waals surface area contributed by atoms with Crippen LogP contribution in [0.2, 0.25) is 0 Å². The monoisotopic (exact) mass is 593 g/mol. The molecule has 1 fully saturated rings. The predicted octanol–water partition coefficient (Wildman–Crippen LogP) is 1.43. The fourth-order valence-corrected chi connectivity index (χ4v) is 5.29. The smallest absolute Gasteiger partial charge is 0.331 e. The standard InChI is InChI=1S/C16H13Br2N5O6S2/c1-29-22-9(7-4-31-16(20-7)19-5-24)12(25)21-10-13(26)23-11(15(27)28)6(2-8(17)18)3-30-14(10)23/h2-5,10-11,14H,1H3,(H,21,25)(H,27,28)(H,19,20,24)/t10?,11?,14-/m0/s1. The van der Waals surface area contributed by atoms with E-state index < -0.39 is 35.2 Å². The van der Waals surface area contributed by atoms with Gasteiger partial charge in [-0.3, -0.25) is 14.4 Å². The number of thioether (sulfide) groups is 1. The molecule has 0 aliphatic carbocycles. The molecule has 0 saturated carbocycles. The summed E-state index contributed by atoms with van der Waals surface area (Å²) in [6.07, 6.45) is 2.00. The SMILES string of the molecule is CON=C(C(=O)NC1C(=O)N2C(C(=O)O)C(C=C(Br)Br)=CS[C@@H]12)c1csc(NC=O)n1. The Morgan fingerprint density at radius 3 is 2.77 bits per heavy atom. The molecule has 0 bridgehead atoms. The van der Waals surface area contributed by atoms with Crippen LogP contribution in [-0.4, -0.2) is 69.5 Å². The Hall–Kier alpha value is -2.23. The molecule has 3 heterocycles. The molecule has 2 aliphatic rings. The molecule has 0 radical (unpaired) electrons. The Kier molecular flexibility index (Phi) is 7.51. The minimum absolute atomic E-state index is 0.145. The van der Waals surface area contributed by atoms with Crippen molar-refractivity contribution < 1.29 is 29.1 Å². The lowest BCUT2D eigenvalue weighted by atomic mass is 9.98. The number of nitrogens with zero attached hydrogens (tertiary/aromatic N) is 3. The number of carbonyl (C=O) groups is 4. The van der Waals surface area contributed by atoms with Crippen molar-refractivity contribution in [1.82, 2.24) is 15.2 Å². The van der Waals surface area contributed by atoms with Crippen LogP contribution in [0.3, 0.4) is 0 Å². The van der Waals surface area contributed by atoms with E-state index in [1.54, 1.807) is 11.5 Å². The number of hydrogen-bond donors (Lipinski definition) is 3. The molecule has 2 aliphatic heterocycles. The maximum Gasteiger partial charge on any atom is 0.331 e. The summed E-state index contributed by atoms with van der Waals surface area (Å²) in [5.41, 5.74) is 0.364. The van der Waals surface area contributed by atoms with Crippen LogP contribution in [0.4, 0.5) is 5.13 Å².